The molecule has 0 heterocycles. The molecule has 0 heteroatoms. The van der Waals surface area contributed by atoms with Gasteiger partial charge in [-0.25, -0.2) is 0 Å². The van der Waals surface area contributed by atoms with Crippen LogP contribution in [0.25, 0.3) is 0 Å². The smallest absolute Gasteiger partial charge is 0.0184 e. The van der Waals surface area contributed by atoms with Crippen molar-refractivity contribution < 1.29 is 0 Å². The van der Waals surface area contributed by atoms with Crippen LogP contribution in [-0.4, -0.2) is 0 Å². The molecule has 0 nitrogen and oxygen atoms in total. The first-order chi connectivity index (χ1) is 5.25. The van der Waals surface area contributed by atoms with Crippen LogP contribution in [0.15, 0.2) is 0 Å². The van der Waals surface area contributed by atoms with E-state index in [0.717, 1.165) is 16.7 Å². The normalized spacial score (nSPS) is 75.5. The van der Waals surface area contributed by atoms with E-state index in [1.165, 1.54) is 11.8 Å². The molecule has 60 valence electrons. The Hall–Kier alpha value is 0. The summed E-state index contributed by atoms with van der Waals surface area (Å²) in [6.45, 7) is 2.58. The summed E-state index contributed by atoms with van der Waals surface area (Å²) in [5.41, 5.74) is 1.79. The molecule has 0 amide bonds. The maximum absolute atomic E-state index is 2.58. The quantitative estimate of drug-likeness (QED) is 0.495. The van der Waals surface area contributed by atoms with E-state index in [0.29, 0.717) is 0 Å². The number of rotatable bonds is 0. The van der Waals surface area contributed by atoms with E-state index in [4.69, 9.17) is 0 Å². The minimum Gasteiger partial charge on any atom is -0.0591 e. The second-order valence-electron chi connectivity index (χ2n) is 5.94. The molecule has 4 aliphatic rings. The summed E-state index contributed by atoms with van der Waals surface area (Å²) in [6.07, 6.45) is 8.07. The highest BCUT2D eigenvalue weighted by molar-refractivity contribution is 5.27. The van der Waals surface area contributed by atoms with Crippen LogP contribution in [0.3, 0.4) is 0 Å². The van der Waals surface area contributed by atoms with Gasteiger partial charge in [0.1, 0.15) is 0 Å². The Morgan fingerprint density at radius 1 is 1.00 bits per heavy atom. The Labute approximate surface area is 68.4 Å². The summed E-state index contributed by atoms with van der Waals surface area (Å²) in [5, 5.41) is 0. The molecule has 5 atom stereocenters. The zero-order valence-corrected chi connectivity index (χ0v) is 7.27. The molecule has 5 unspecified atom stereocenters. The zero-order valence-electron chi connectivity index (χ0n) is 7.27. The average Bonchev–Trinajstić information content (AvgIpc) is 2.34. The molecule has 2 bridgehead atoms. The van der Waals surface area contributed by atoms with E-state index in [2.05, 4.69) is 6.92 Å². The van der Waals surface area contributed by atoms with Gasteiger partial charge in [-0.3, -0.25) is 0 Å². The number of hydrogen-bond acceptors (Lipinski definition) is 0. The molecule has 0 aromatic heterocycles. The Morgan fingerprint density at radius 2 is 1.91 bits per heavy atom. The molecule has 4 aliphatic carbocycles. The van der Waals surface area contributed by atoms with E-state index in [9.17, 15) is 0 Å². The summed E-state index contributed by atoms with van der Waals surface area (Å²) < 4.78 is 0. The highest BCUT2D eigenvalue weighted by Crippen LogP contribution is 2.86. The van der Waals surface area contributed by atoms with Crippen LogP contribution in [0.4, 0.5) is 0 Å². The lowest BCUT2D eigenvalue weighted by Crippen LogP contribution is -2.65. The predicted octanol–water partition coefficient (Wildman–Crippen LogP) is 2.83. The second kappa shape index (κ2) is 1.20. The average molecular weight is 148 g/mol. The van der Waals surface area contributed by atoms with Crippen molar-refractivity contribution in [3.63, 3.8) is 0 Å². The van der Waals surface area contributed by atoms with Gasteiger partial charge in [0.15, 0.2) is 0 Å². The molecular weight excluding hydrogens is 132 g/mol. The van der Waals surface area contributed by atoms with Crippen LogP contribution in [-0.2, 0) is 0 Å². The van der Waals surface area contributed by atoms with Gasteiger partial charge in [-0.05, 0) is 60.7 Å². The van der Waals surface area contributed by atoms with E-state index in [1.54, 1.807) is 32.1 Å². The van der Waals surface area contributed by atoms with Crippen molar-refractivity contribution >= 4 is 0 Å². The van der Waals surface area contributed by atoms with Gasteiger partial charge in [0.05, 0.1) is 0 Å². The van der Waals surface area contributed by atoms with E-state index in [-0.39, 0.29) is 0 Å². The molecule has 0 N–H and O–H groups in total. The van der Waals surface area contributed by atoms with Crippen molar-refractivity contribution in [2.24, 2.45) is 28.6 Å². The van der Waals surface area contributed by atoms with Crippen molar-refractivity contribution in [2.75, 3.05) is 0 Å². The SMILES string of the molecule is CC12CC3CC4CC(C1)C42C3. The molecular formula is C11H16. The maximum atomic E-state index is 2.58. The van der Waals surface area contributed by atoms with Crippen molar-refractivity contribution in [1.82, 2.24) is 0 Å². The van der Waals surface area contributed by atoms with Gasteiger partial charge in [-0.2, -0.15) is 0 Å². The van der Waals surface area contributed by atoms with Gasteiger partial charge in [0.25, 0.3) is 0 Å². The molecule has 4 rings (SSSR count). The lowest BCUT2D eigenvalue weighted by molar-refractivity contribution is -0.234. The second-order valence-corrected chi connectivity index (χ2v) is 5.94. The summed E-state index contributed by atoms with van der Waals surface area (Å²) in [6, 6.07) is 0. The molecule has 1 spiro atoms. The minimum atomic E-state index is 0.851. The molecule has 0 aromatic rings. The first-order valence-electron chi connectivity index (χ1n) is 5.25. The monoisotopic (exact) mass is 148 g/mol. The molecule has 0 aliphatic heterocycles. The van der Waals surface area contributed by atoms with Crippen molar-refractivity contribution in [2.45, 2.75) is 39.0 Å². The van der Waals surface area contributed by atoms with Crippen LogP contribution in [0, 0.1) is 28.6 Å². The number of hydrogen-bond donors (Lipinski definition) is 0. The summed E-state index contributed by atoms with van der Waals surface area (Å²) in [7, 11) is 0. The largest absolute Gasteiger partial charge is 0.0591 e. The number of fused-ring (bicyclic) bond motifs is 1. The fraction of sp³-hybridized carbons (Fsp3) is 1.00. The van der Waals surface area contributed by atoms with Gasteiger partial charge < -0.3 is 0 Å². The summed E-state index contributed by atoms with van der Waals surface area (Å²) >= 11 is 0. The van der Waals surface area contributed by atoms with Crippen LogP contribution >= 0.6 is 0 Å². The molecule has 0 aromatic carbocycles. The lowest BCUT2D eigenvalue weighted by atomic mass is 9.32. The molecule has 4 saturated carbocycles. The highest BCUT2D eigenvalue weighted by Gasteiger charge is 2.78. The lowest BCUT2D eigenvalue weighted by Gasteiger charge is -2.72. The van der Waals surface area contributed by atoms with E-state index in [1.807, 2.05) is 0 Å². The Balaban J connectivity index is 1.92. The predicted molar refractivity (Wildman–Crippen MR) is 44.1 cm³/mol. The highest BCUT2D eigenvalue weighted by atomic mass is 14.8. The van der Waals surface area contributed by atoms with Gasteiger partial charge >= 0.3 is 0 Å². The molecule has 0 radical (unpaired) electrons. The van der Waals surface area contributed by atoms with Gasteiger partial charge in [-0.1, -0.05) is 6.92 Å². The maximum Gasteiger partial charge on any atom is -0.0184 e. The fourth-order valence-corrected chi connectivity index (χ4v) is 5.71. The van der Waals surface area contributed by atoms with Gasteiger partial charge in [-0.15, -0.1) is 0 Å². The topological polar surface area (TPSA) is 0 Å². The molecule has 0 saturated heterocycles. The van der Waals surface area contributed by atoms with Crippen LogP contribution in [0.5, 0.6) is 0 Å². The Kier molecular flexibility index (Phi) is 0.611. The standard InChI is InChI=1S/C11H16/c1-10-4-7-2-8-3-9(6-10)11(8,10)5-7/h7-9H,2-6H2,1H3. The summed E-state index contributed by atoms with van der Waals surface area (Å²) in [5.74, 6) is 3.56. The third kappa shape index (κ3) is 0.331. The van der Waals surface area contributed by atoms with E-state index >= 15 is 0 Å². The molecule has 11 heavy (non-hydrogen) atoms. The van der Waals surface area contributed by atoms with Crippen molar-refractivity contribution in [1.29, 1.82) is 0 Å². The third-order valence-electron chi connectivity index (χ3n) is 5.83. The Morgan fingerprint density at radius 3 is 2.45 bits per heavy atom. The van der Waals surface area contributed by atoms with Gasteiger partial charge in [0.2, 0.25) is 0 Å². The Bertz CT molecular complexity index is 244. The van der Waals surface area contributed by atoms with Crippen LogP contribution < -0.4 is 0 Å². The molecule has 4 fully saturated rings. The first kappa shape index (κ1) is 5.61. The first-order valence-corrected chi connectivity index (χ1v) is 5.25. The van der Waals surface area contributed by atoms with Crippen LogP contribution in [0.1, 0.15) is 39.0 Å². The fourth-order valence-electron chi connectivity index (χ4n) is 5.71. The van der Waals surface area contributed by atoms with E-state index < -0.39 is 0 Å². The van der Waals surface area contributed by atoms with Crippen LogP contribution in [0.2, 0.25) is 0 Å². The van der Waals surface area contributed by atoms with Gasteiger partial charge in [0, 0.05) is 0 Å². The third-order valence-corrected chi connectivity index (χ3v) is 5.83. The van der Waals surface area contributed by atoms with Crippen molar-refractivity contribution in [3.8, 4) is 0 Å². The van der Waals surface area contributed by atoms with Crippen molar-refractivity contribution in [3.05, 3.63) is 0 Å². The zero-order chi connectivity index (χ0) is 7.27. The minimum absolute atomic E-state index is 0.851. The summed E-state index contributed by atoms with van der Waals surface area (Å²) in [4.78, 5) is 0.